The molecule has 3 N–H and O–H groups in total. The monoisotopic (exact) mass is 245 g/mol. The maximum atomic E-state index is 11.5. The summed E-state index contributed by atoms with van der Waals surface area (Å²) in [4.78, 5) is 18.5. The molecule has 0 spiro atoms. The second kappa shape index (κ2) is 3.97. The second-order valence-corrected chi connectivity index (χ2v) is 4.59. The predicted octanol–water partition coefficient (Wildman–Crippen LogP) is 0.978. The van der Waals surface area contributed by atoms with Crippen molar-refractivity contribution in [2.24, 2.45) is 0 Å². The number of hydrogen-bond donors (Lipinski definition) is 2. The van der Waals surface area contributed by atoms with E-state index in [1.54, 1.807) is 0 Å². The van der Waals surface area contributed by atoms with Gasteiger partial charge in [0.1, 0.15) is 5.82 Å². The largest absolute Gasteiger partial charge is 0.383 e. The third-order valence-electron chi connectivity index (χ3n) is 3.10. The van der Waals surface area contributed by atoms with Crippen molar-refractivity contribution in [3.05, 3.63) is 33.9 Å². The lowest BCUT2D eigenvalue weighted by molar-refractivity contribution is 0.772. The van der Waals surface area contributed by atoms with Crippen molar-refractivity contribution in [1.29, 1.82) is 0 Å². The molecule has 0 aromatic carbocycles. The van der Waals surface area contributed by atoms with E-state index in [9.17, 15) is 4.79 Å². The van der Waals surface area contributed by atoms with Crippen molar-refractivity contribution < 1.29 is 0 Å². The lowest BCUT2D eigenvalue weighted by Gasteiger charge is -2.03. The van der Waals surface area contributed by atoms with Crippen molar-refractivity contribution in [1.82, 2.24) is 19.7 Å². The standard InChI is InChI=1S/C12H15N5O/c1-2-8-5-11(18)15-12(14-8)17-10(13)6-9(16-17)7-3-4-7/h5-7H,2-4,13H2,1H3,(H,14,15,18). The molecule has 1 fully saturated rings. The maximum Gasteiger partial charge on any atom is 0.252 e. The molecule has 1 aliphatic rings. The van der Waals surface area contributed by atoms with Gasteiger partial charge in [0, 0.05) is 23.7 Å². The summed E-state index contributed by atoms with van der Waals surface area (Å²) in [5.74, 6) is 1.42. The van der Waals surface area contributed by atoms with Gasteiger partial charge in [-0.15, -0.1) is 0 Å². The zero-order valence-corrected chi connectivity index (χ0v) is 10.2. The van der Waals surface area contributed by atoms with Crippen LogP contribution in [0.4, 0.5) is 5.82 Å². The number of nitrogens with zero attached hydrogens (tertiary/aromatic N) is 3. The van der Waals surface area contributed by atoms with Crippen molar-refractivity contribution in [2.75, 3.05) is 5.73 Å². The maximum absolute atomic E-state index is 11.5. The average molecular weight is 245 g/mol. The van der Waals surface area contributed by atoms with Crippen LogP contribution in [0.1, 0.15) is 37.1 Å². The van der Waals surface area contributed by atoms with E-state index in [1.165, 1.54) is 10.7 Å². The Morgan fingerprint density at radius 1 is 1.50 bits per heavy atom. The summed E-state index contributed by atoms with van der Waals surface area (Å²) in [6.07, 6.45) is 3.03. The van der Waals surface area contributed by atoms with Crippen molar-refractivity contribution >= 4 is 5.82 Å². The Bertz CT molecular complexity index is 638. The Morgan fingerprint density at radius 2 is 2.28 bits per heavy atom. The zero-order valence-electron chi connectivity index (χ0n) is 10.2. The second-order valence-electron chi connectivity index (χ2n) is 4.59. The molecule has 1 saturated carbocycles. The topological polar surface area (TPSA) is 89.6 Å². The lowest BCUT2D eigenvalue weighted by atomic mass is 10.3. The third kappa shape index (κ3) is 1.90. The number of nitrogens with two attached hydrogens (primary N) is 1. The molecule has 3 rings (SSSR count). The van der Waals surface area contributed by atoms with Crippen LogP contribution in [0.5, 0.6) is 0 Å². The molecular formula is C12H15N5O. The van der Waals surface area contributed by atoms with Crippen LogP contribution in [0.15, 0.2) is 16.9 Å². The molecular weight excluding hydrogens is 230 g/mol. The third-order valence-corrected chi connectivity index (χ3v) is 3.10. The molecule has 6 heteroatoms. The van der Waals surface area contributed by atoms with Gasteiger partial charge >= 0.3 is 0 Å². The quantitative estimate of drug-likeness (QED) is 0.843. The van der Waals surface area contributed by atoms with Crippen molar-refractivity contribution in [3.63, 3.8) is 0 Å². The highest BCUT2D eigenvalue weighted by molar-refractivity contribution is 5.38. The summed E-state index contributed by atoms with van der Waals surface area (Å²) in [5, 5.41) is 4.42. The molecule has 2 aromatic rings. The summed E-state index contributed by atoms with van der Waals surface area (Å²) < 4.78 is 1.51. The Hall–Kier alpha value is -2.11. The van der Waals surface area contributed by atoms with Gasteiger partial charge in [-0.1, -0.05) is 6.92 Å². The highest BCUT2D eigenvalue weighted by atomic mass is 16.1. The number of nitrogens with one attached hydrogen (secondary N) is 1. The minimum atomic E-state index is -0.181. The van der Waals surface area contributed by atoms with Crippen LogP contribution in [0.3, 0.4) is 0 Å². The Kier molecular flexibility index (Phi) is 2.43. The van der Waals surface area contributed by atoms with Crippen LogP contribution in [0.25, 0.3) is 5.95 Å². The van der Waals surface area contributed by atoms with Crippen LogP contribution in [-0.2, 0) is 6.42 Å². The van der Waals surface area contributed by atoms with Crippen LogP contribution in [-0.4, -0.2) is 19.7 Å². The first-order chi connectivity index (χ1) is 8.67. The minimum Gasteiger partial charge on any atom is -0.383 e. The average Bonchev–Trinajstić information content (AvgIpc) is 3.12. The lowest BCUT2D eigenvalue weighted by Crippen LogP contribution is -2.16. The highest BCUT2D eigenvalue weighted by Gasteiger charge is 2.27. The van der Waals surface area contributed by atoms with Crippen LogP contribution < -0.4 is 11.3 Å². The van der Waals surface area contributed by atoms with Crippen molar-refractivity contribution in [2.45, 2.75) is 32.1 Å². The number of aromatic nitrogens is 4. The van der Waals surface area contributed by atoms with Crippen LogP contribution >= 0.6 is 0 Å². The fraction of sp³-hybridized carbons (Fsp3) is 0.417. The van der Waals surface area contributed by atoms with Gasteiger partial charge in [-0.05, 0) is 19.3 Å². The molecule has 2 aromatic heterocycles. The van der Waals surface area contributed by atoms with E-state index in [0.29, 0.717) is 24.1 Å². The van der Waals surface area contributed by atoms with E-state index in [4.69, 9.17) is 5.73 Å². The molecule has 0 bridgehead atoms. The van der Waals surface area contributed by atoms with E-state index < -0.39 is 0 Å². The molecule has 0 atom stereocenters. The molecule has 94 valence electrons. The van der Waals surface area contributed by atoms with E-state index in [1.807, 2.05) is 13.0 Å². The number of nitrogen functional groups attached to an aromatic ring is 1. The number of hydrogen-bond acceptors (Lipinski definition) is 4. The molecule has 2 heterocycles. The number of rotatable bonds is 3. The fourth-order valence-corrected chi connectivity index (χ4v) is 1.94. The molecule has 0 radical (unpaired) electrons. The Balaban J connectivity index is 2.08. The summed E-state index contributed by atoms with van der Waals surface area (Å²) in [7, 11) is 0. The van der Waals surface area contributed by atoms with Gasteiger partial charge in [0.25, 0.3) is 5.56 Å². The van der Waals surface area contributed by atoms with Crippen molar-refractivity contribution in [3.8, 4) is 5.95 Å². The molecule has 0 amide bonds. The number of anilines is 1. The van der Waals surface area contributed by atoms with E-state index >= 15 is 0 Å². The number of H-pyrrole nitrogens is 1. The van der Waals surface area contributed by atoms with Gasteiger partial charge in [-0.3, -0.25) is 9.78 Å². The first-order valence-electron chi connectivity index (χ1n) is 6.13. The van der Waals surface area contributed by atoms with Gasteiger partial charge in [0.05, 0.1) is 5.69 Å². The first kappa shape index (κ1) is 11.0. The summed E-state index contributed by atoms with van der Waals surface area (Å²) in [6.45, 7) is 1.95. The smallest absolute Gasteiger partial charge is 0.252 e. The molecule has 0 aliphatic heterocycles. The van der Waals surface area contributed by atoms with Gasteiger partial charge in [0.15, 0.2) is 0 Å². The summed E-state index contributed by atoms with van der Waals surface area (Å²) in [6, 6.07) is 3.35. The highest BCUT2D eigenvalue weighted by Crippen LogP contribution is 2.39. The van der Waals surface area contributed by atoms with E-state index in [0.717, 1.165) is 24.2 Å². The SMILES string of the molecule is CCc1cc(=O)[nH]c(-n2nc(C3CC3)cc2N)n1. The zero-order chi connectivity index (χ0) is 12.7. The molecule has 0 unspecified atom stereocenters. The normalized spacial score (nSPS) is 14.9. The summed E-state index contributed by atoms with van der Waals surface area (Å²) in [5.41, 5.74) is 7.45. The molecule has 1 aliphatic carbocycles. The Morgan fingerprint density at radius 3 is 2.94 bits per heavy atom. The van der Waals surface area contributed by atoms with Crippen LogP contribution in [0, 0.1) is 0 Å². The van der Waals surface area contributed by atoms with E-state index in [-0.39, 0.29) is 5.56 Å². The fourth-order valence-electron chi connectivity index (χ4n) is 1.94. The number of aromatic amines is 1. The van der Waals surface area contributed by atoms with Gasteiger partial charge in [-0.2, -0.15) is 9.78 Å². The van der Waals surface area contributed by atoms with Gasteiger partial charge in [-0.25, -0.2) is 4.98 Å². The van der Waals surface area contributed by atoms with Crippen LogP contribution in [0.2, 0.25) is 0 Å². The van der Waals surface area contributed by atoms with E-state index in [2.05, 4.69) is 15.1 Å². The number of aryl methyl sites for hydroxylation is 1. The molecule has 0 saturated heterocycles. The summed E-state index contributed by atoms with van der Waals surface area (Å²) >= 11 is 0. The Labute approximate surface area is 104 Å². The predicted molar refractivity (Wildman–Crippen MR) is 67.7 cm³/mol. The molecule has 6 nitrogen and oxygen atoms in total. The van der Waals surface area contributed by atoms with Gasteiger partial charge < -0.3 is 5.73 Å². The molecule has 18 heavy (non-hydrogen) atoms. The van der Waals surface area contributed by atoms with Gasteiger partial charge in [0.2, 0.25) is 5.95 Å². The minimum absolute atomic E-state index is 0.181. The first-order valence-corrected chi connectivity index (χ1v) is 6.13.